The summed E-state index contributed by atoms with van der Waals surface area (Å²) in [5, 5.41) is 0. The largest absolute Gasteiger partial charge is 0.462 e. The van der Waals surface area contributed by atoms with E-state index in [-0.39, 0.29) is 0 Å². The van der Waals surface area contributed by atoms with E-state index in [4.69, 9.17) is 0 Å². The molecule has 0 fully saturated rings. The number of hydrogen-bond donors (Lipinski definition) is 0. The third-order valence-electron chi connectivity index (χ3n) is 3.85. The molecule has 0 aliphatic carbocycles. The molecule has 0 aromatic carbocycles. The van der Waals surface area contributed by atoms with E-state index in [1.807, 2.05) is 4.74 Å². The van der Waals surface area contributed by atoms with Gasteiger partial charge in [-0.15, -0.1) is 0 Å². The predicted molar refractivity (Wildman–Crippen MR) is 73.3 cm³/mol. The minimum atomic E-state index is -8.05. The van der Waals surface area contributed by atoms with Crippen LogP contribution >= 0.6 is 0 Å². The fraction of sp³-hybridized carbons (Fsp3) is 0.929. The standard InChI is InChI=1S/C14H11F17O4/c1-4-6(2,3)33-5(32)7(15,10(19,20)21)34-14(30,31)9(18,12(25,26)27)35-13(28,29)8(16,17)11(22,23)24/h4H2,1-3H3. The van der Waals surface area contributed by atoms with E-state index in [1.165, 1.54) is 4.74 Å². The van der Waals surface area contributed by atoms with Gasteiger partial charge in [0.25, 0.3) is 0 Å². The van der Waals surface area contributed by atoms with Crippen LogP contribution in [0.2, 0.25) is 0 Å². The first-order valence-electron chi connectivity index (χ1n) is 8.20. The molecule has 210 valence electrons. The van der Waals surface area contributed by atoms with Gasteiger partial charge in [0.1, 0.15) is 5.60 Å². The van der Waals surface area contributed by atoms with E-state index in [2.05, 4.69) is 4.74 Å². The highest BCUT2D eigenvalue weighted by molar-refractivity contribution is 5.79. The SMILES string of the molecule is CCC(C)(C)OC(=O)C(F)(OC(F)(F)C(F)(OC(F)(F)C(F)(F)C(F)(F)F)C(F)(F)F)C(F)(F)F. The lowest BCUT2D eigenvalue weighted by Crippen LogP contribution is -2.68. The van der Waals surface area contributed by atoms with Gasteiger partial charge in [-0.2, -0.15) is 74.6 Å². The van der Waals surface area contributed by atoms with Crippen molar-refractivity contribution < 1.29 is 93.6 Å². The summed E-state index contributed by atoms with van der Waals surface area (Å²) in [5.74, 6) is -26.4. The van der Waals surface area contributed by atoms with Gasteiger partial charge >= 0.3 is 54.3 Å². The van der Waals surface area contributed by atoms with Gasteiger partial charge in [-0.3, -0.25) is 9.47 Å². The van der Waals surface area contributed by atoms with Gasteiger partial charge in [0.2, 0.25) is 0 Å². The van der Waals surface area contributed by atoms with Crippen LogP contribution in [0.15, 0.2) is 0 Å². The highest BCUT2D eigenvalue weighted by Gasteiger charge is 2.85. The zero-order valence-corrected chi connectivity index (χ0v) is 16.8. The minimum Gasteiger partial charge on any atom is -0.455 e. The maximum absolute atomic E-state index is 14.2. The lowest BCUT2D eigenvalue weighted by molar-refractivity contribution is -0.549. The van der Waals surface area contributed by atoms with Crippen LogP contribution in [0, 0.1) is 0 Å². The Balaban J connectivity index is 6.80. The number of halogens is 17. The van der Waals surface area contributed by atoms with E-state index < -0.39 is 66.4 Å². The molecule has 35 heavy (non-hydrogen) atoms. The molecule has 0 rings (SSSR count). The molecule has 0 aromatic heterocycles. The van der Waals surface area contributed by atoms with E-state index >= 15 is 0 Å². The van der Waals surface area contributed by atoms with E-state index in [1.54, 1.807) is 0 Å². The molecule has 0 bridgehead atoms. The molecule has 0 heterocycles. The number of alkyl halides is 17. The first kappa shape index (κ1) is 33.2. The quantitative estimate of drug-likeness (QED) is 0.234. The summed E-state index contributed by atoms with van der Waals surface area (Å²) in [4.78, 5) is 11.5. The van der Waals surface area contributed by atoms with E-state index in [0.29, 0.717) is 13.8 Å². The van der Waals surface area contributed by atoms with Crippen LogP contribution in [0.25, 0.3) is 0 Å². The Morgan fingerprint density at radius 1 is 0.600 bits per heavy atom. The Bertz CT molecular complexity index is 768. The maximum atomic E-state index is 14.2. The normalized spacial score (nSPS) is 18.6. The molecule has 0 saturated carbocycles. The summed E-state index contributed by atoms with van der Waals surface area (Å²) in [6, 6.07) is 0. The average molecular weight is 566 g/mol. The molecule has 0 saturated heterocycles. The van der Waals surface area contributed by atoms with Crippen molar-refractivity contribution >= 4 is 5.97 Å². The van der Waals surface area contributed by atoms with Crippen molar-refractivity contribution in [3.63, 3.8) is 0 Å². The Morgan fingerprint density at radius 2 is 1.00 bits per heavy atom. The summed E-state index contributed by atoms with van der Waals surface area (Å²) >= 11 is 0. The predicted octanol–water partition coefficient (Wildman–Crippen LogP) is 6.59. The molecule has 0 aliphatic rings. The molecule has 2 atom stereocenters. The van der Waals surface area contributed by atoms with Gasteiger partial charge in [-0.05, 0) is 20.3 Å². The number of esters is 1. The molecular formula is C14H11F17O4. The number of rotatable bonds is 9. The summed E-state index contributed by atoms with van der Waals surface area (Å²) in [6.45, 7) is 2.37. The van der Waals surface area contributed by atoms with Gasteiger partial charge in [-0.25, -0.2) is 4.79 Å². The Kier molecular flexibility index (Phi) is 8.48. The Morgan fingerprint density at radius 3 is 1.29 bits per heavy atom. The van der Waals surface area contributed by atoms with Crippen LogP contribution in [0.3, 0.4) is 0 Å². The van der Waals surface area contributed by atoms with Gasteiger partial charge in [0.15, 0.2) is 0 Å². The van der Waals surface area contributed by atoms with E-state index in [9.17, 15) is 79.4 Å². The van der Waals surface area contributed by atoms with Gasteiger partial charge in [0, 0.05) is 0 Å². The Hall–Kier alpha value is -1.80. The second-order valence-electron chi connectivity index (χ2n) is 7.00. The molecule has 0 radical (unpaired) electrons. The van der Waals surface area contributed by atoms with Crippen molar-refractivity contribution in [3.8, 4) is 0 Å². The second-order valence-corrected chi connectivity index (χ2v) is 7.00. The molecule has 21 heteroatoms. The third kappa shape index (κ3) is 6.13. The van der Waals surface area contributed by atoms with Crippen LogP contribution in [0.5, 0.6) is 0 Å². The number of carbonyl (C=O) groups excluding carboxylic acids is 1. The summed E-state index contributed by atoms with van der Waals surface area (Å²) in [6.07, 6.45) is -39.1. The number of hydrogen-bond acceptors (Lipinski definition) is 4. The highest BCUT2D eigenvalue weighted by atomic mass is 19.4. The zero-order valence-electron chi connectivity index (χ0n) is 16.8. The summed E-state index contributed by atoms with van der Waals surface area (Å²) in [7, 11) is 0. The van der Waals surface area contributed by atoms with Crippen LogP contribution in [-0.2, 0) is 19.0 Å². The minimum absolute atomic E-state index is 0.541. The highest BCUT2D eigenvalue weighted by Crippen LogP contribution is 2.56. The number of carbonyl (C=O) groups is 1. The molecule has 2 unspecified atom stereocenters. The second kappa shape index (κ2) is 8.94. The summed E-state index contributed by atoms with van der Waals surface area (Å²) < 4.78 is 228. The van der Waals surface area contributed by atoms with Crippen molar-refractivity contribution in [2.24, 2.45) is 0 Å². The monoisotopic (exact) mass is 566 g/mol. The maximum Gasteiger partial charge on any atom is 0.462 e. The summed E-state index contributed by atoms with van der Waals surface area (Å²) in [5.41, 5.74) is -2.21. The zero-order chi connectivity index (χ0) is 28.9. The molecule has 0 N–H and O–H groups in total. The van der Waals surface area contributed by atoms with E-state index in [0.717, 1.165) is 6.92 Å². The molecular weight excluding hydrogens is 555 g/mol. The van der Waals surface area contributed by atoms with Crippen LogP contribution in [-0.4, -0.2) is 59.9 Å². The van der Waals surface area contributed by atoms with Gasteiger partial charge in [-0.1, -0.05) is 6.92 Å². The molecule has 0 aliphatic heterocycles. The lowest BCUT2D eigenvalue weighted by Gasteiger charge is -2.40. The van der Waals surface area contributed by atoms with Crippen molar-refractivity contribution in [2.45, 2.75) is 81.2 Å². The van der Waals surface area contributed by atoms with Crippen molar-refractivity contribution in [1.29, 1.82) is 0 Å². The first-order chi connectivity index (χ1) is 14.9. The van der Waals surface area contributed by atoms with Gasteiger partial charge in [0.05, 0.1) is 0 Å². The topological polar surface area (TPSA) is 44.8 Å². The van der Waals surface area contributed by atoms with Gasteiger partial charge < -0.3 is 4.74 Å². The first-order valence-corrected chi connectivity index (χ1v) is 8.20. The molecule has 0 spiro atoms. The Labute approximate surface area is 182 Å². The number of ether oxygens (including phenoxy) is 3. The average Bonchev–Trinajstić information content (AvgIpc) is 2.57. The molecule has 4 nitrogen and oxygen atoms in total. The lowest BCUT2D eigenvalue weighted by atomic mass is 10.1. The molecule has 0 amide bonds. The fourth-order valence-electron chi connectivity index (χ4n) is 1.53. The van der Waals surface area contributed by atoms with Crippen molar-refractivity contribution in [2.75, 3.05) is 0 Å². The fourth-order valence-corrected chi connectivity index (χ4v) is 1.53. The van der Waals surface area contributed by atoms with Crippen LogP contribution < -0.4 is 0 Å². The van der Waals surface area contributed by atoms with Crippen molar-refractivity contribution in [1.82, 2.24) is 0 Å². The third-order valence-corrected chi connectivity index (χ3v) is 3.85. The van der Waals surface area contributed by atoms with Crippen molar-refractivity contribution in [3.05, 3.63) is 0 Å². The van der Waals surface area contributed by atoms with Crippen LogP contribution in [0.1, 0.15) is 27.2 Å². The van der Waals surface area contributed by atoms with Crippen LogP contribution in [0.4, 0.5) is 74.6 Å². The molecule has 0 aromatic rings. The smallest absolute Gasteiger partial charge is 0.455 e.